The number of fused-ring (bicyclic) bond motifs is 5. The summed E-state index contributed by atoms with van der Waals surface area (Å²) in [6.45, 7) is 4.75. The highest BCUT2D eigenvalue weighted by Crippen LogP contribution is 2.66. The summed E-state index contributed by atoms with van der Waals surface area (Å²) < 4.78 is 0. The zero-order chi connectivity index (χ0) is 19.4. The Morgan fingerprint density at radius 3 is 2.59 bits per heavy atom. The third-order valence-corrected chi connectivity index (χ3v) is 9.24. The SMILES string of the molecule is CN1C(=O)CC[C@]2(C)C3CC[C@@]4(C)C(CC[C@@]4(O)C#CCCO)C3CCC12. The average Bonchev–Trinajstić information content (AvgIpc) is 2.90. The van der Waals surface area contributed by atoms with Crippen molar-refractivity contribution < 1.29 is 15.0 Å². The number of carbonyl (C=O) groups is 1. The second-order valence-electron chi connectivity index (χ2n) is 10.1. The quantitative estimate of drug-likeness (QED) is 0.695. The number of nitrogens with zero attached hydrogens (tertiary/aromatic N) is 1. The fraction of sp³-hybridized carbons (Fsp3) is 0.870. The van der Waals surface area contributed by atoms with Crippen molar-refractivity contribution in [1.29, 1.82) is 0 Å². The van der Waals surface area contributed by atoms with Crippen LogP contribution >= 0.6 is 0 Å². The van der Waals surface area contributed by atoms with E-state index in [1.807, 2.05) is 11.9 Å². The van der Waals surface area contributed by atoms with E-state index < -0.39 is 5.60 Å². The Morgan fingerprint density at radius 1 is 1.11 bits per heavy atom. The largest absolute Gasteiger partial charge is 0.395 e. The van der Waals surface area contributed by atoms with Gasteiger partial charge >= 0.3 is 0 Å². The number of rotatable bonds is 1. The van der Waals surface area contributed by atoms with Gasteiger partial charge in [0.1, 0.15) is 5.60 Å². The van der Waals surface area contributed by atoms with E-state index in [2.05, 4.69) is 25.7 Å². The van der Waals surface area contributed by atoms with Crippen LogP contribution in [-0.2, 0) is 4.79 Å². The standard InChI is InChI=1S/C23H35NO3/c1-21-12-10-20(26)24(3)19(21)7-6-16-17(21)8-13-22(2)18(16)9-14-23(22,27)11-4-5-15-25/h16-19,25,27H,5-10,12-15H2,1-3H3/t16?,17?,18?,19?,21-,22+,23+/m1/s1. The molecule has 3 saturated carbocycles. The Balaban J connectivity index is 1.62. The van der Waals surface area contributed by atoms with E-state index in [0.717, 1.165) is 38.5 Å². The van der Waals surface area contributed by atoms with Crippen LogP contribution in [0.4, 0.5) is 0 Å². The predicted molar refractivity (Wildman–Crippen MR) is 105 cm³/mol. The van der Waals surface area contributed by atoms with Gasteiger partial charge in [-0.25, -0.2) is 0 Å². The van der Waals surface area contributed by atoms with Crippen molar-refractivity contribution >= 4 is 5.91 Å². The van der Waals surface area contributed by atoms with Crippen molar-refractivity contribution in [2.24, 2.45) is 28.6 Å². The molecule has 0 aromatic heterocycles. The van der Waals surface area contributed by atoms with Crippen molar-refractivity contribution in [1.82, 2.24) is 4.90 Å². The highest BCUT2D eigenvalue weighted by atomic mass is 16.3. The lowest BCUT2D eigenvalue weighted by molar-refractivity contribution is -0.163. The highest BCUT2D eigenvalue weighted by Gasteiger charge is 2.64. The van der Waals surface area contributed by atoms with Crippen LogP contribution < -0.4 is 0 Å². The summed E-state index contributed by atoms with van der Waals surface area (Å²) in [5.74, 6) is 8.30. The van der Waals surface area contributed by atoms with Crippen LogP contribution in [0.25, 0.3) is 0 Å². The van der Waals surface area contributed by atoms with Gasteiger partial charge in [0, 0.05) is 31.3 Å². The van der Waals surface area contributed by atoms with E-state index in [1.54, 1.807) is 0 Å². The van der Waals surface area contributed by atoms with E-state index in [1.165, 1.54) is 6.42 Å². The van der Waals surface area contributed by atoms with Crippen LogP contribution in [0.2, 0.25) is 0 Å². The van der Waals surface area contributed by atoms with Gasteiger partial charge in [0.15, 0.2) is 0 Å². The molecule has 4 nitrogen and oxygen atoms in total. The van der Waals surface area contributed by atoms with Crippen molar-refractivity contribution in [3.05, 3.63) is 0 Å². The van der Waals surface area contributed by atoms with E-state index in [9.17, 15) is 9.90 Å². The number of piperidine rings is 1. The molecule has 0 aromatic carbocycles. The van der Waals surface area contributed by atoms with Gasteiger partial charge in [0.2, 0.25) is 5.91 Å². The molecule has 27 heavy (non-hydrogen) atoms. The molecule has 4 aliphatic rings. The van der Waals surface area contributed by atoms with Crippen molar-refractivity contribution in [3.63, 3.8) is 0 Å². The second-order valence-corrected chi connectivity index (χ2v) is 10.1. The first-order chi connectivity index (χ1) is 12.8. The zero-order valence-corrected chi connectivity index (χ0v) is 17.1. The van der Waals surface area contributed by atoms with Gasteiger partial charge in [-0.2, -0.15) is 0 Å². The van der Waals surface area contributed by atoms with Crippen LogP contribution in [0, 0.1) is 40.4 Å². The topological polar surface area (TPSA) is 60.8 Å². The summed E-state index contributed by atoms with van der Waals surface area (Å²) in [4.78, 5) is 14.3. The molecule has 150 valence electrons. The summed E-state index contributed by atoms with van der Waals surface area (Å²) in [5, 5.41) is 20.5. The molecule has 0 spiro atoms. The summed E-state index contributed by atoms with van der Waals surface area (Å²) >= 11 is 0. The van der Waals surface area contributed by atoms with E-state index >= 15 is 0 Å². The molecule has 1 amide bonds. The second kappa shape index (κ2) is 6.49. The molecule has 2 N–H and O–H groups in total. The van der Waals surface area contributed by atoms with Gasteiger partial charge in [-0.15, -0.1) is 0 Å². The Labute approximate surface area is 163 Å². The minimum atomic E-state index is -0.908. The van der Waals surface area contributed by atoms with E-state index in [-0.39, 0.29) is 17.4 Å². The van der Waals surface area contributed by atoms with Gasteiger partial charge < -0.3 is 15.1 Å². The summed E-state index contributed by atoms with van der Waals surface area (Å²) in [5.41, 5.74) is -0.832. The molecule has 0 aromatic rings. The Kier molecular flexibility index (Phi) is 4.63. The molecule has 3 aliphatic carbocycles. The van der Waals surface area contributed by atoms with E-state index in [0.29, 0.717) is 42.5 Å². The molecule has 1 saturated heterocycles. The molecule has 4 unspecified atom stereocenters. The zero-order valence-electron chi connectivity index (χ0n) is 17.1. The molecular weight excluding hydrogens is 338 g/mol. The molecule has 0 radical (unpaired) electrons. The number of carbonyl (C=O) groups excluding carboxylic acids is 1. The molecule has 1 heterocycles. The molecule has 0 bridgehead atoms. The van der Waals surface area contributed by atoms with Crippen LogP contribution in [0.15, 0.2) is 0 Å². The van der Waals surface area contributed by atoms with Crippen LogP contribution in [-0.4, -0.2) is 46.3 Å². The minimum absolute atomic E-state index is 0.0555. The number of amides is 1. The normalized spacial score (nSPS) is 48.9. The first-order valence-electron chi connectivity index (χ1n) is 10.9. The summed E-state index contributed by atoms with van der Waals surface area (Å²) in [6, 6.07) is 0.383. The highest BCUT2D eigenvalue weighted by molar-refractivity contribution is 5.77. The lowest BCUT2D eigenvalue weighted by Gasteiger charge is -2.62. The van der Waals surface area contributed by atoms with Crippen LogP contribution in [0.3, 0.4) is 0 Å². The molecule has 4 fully saturated rings. The Morgan fingerprint density at radius 2 is 1.85 bits per heavy atom. The monoisotopic (exact) mass is 373 g/mol. The lowest BCUT2D eigenvalue weighted by atomic mass is 9.46. The third-order valence-electron chi connectivity index (χ3n) is 9.24. The maximum atomic E-state index is 12.3. The molecular formula is C23H35NO3. The van der Waals surface area contributed by atoms with Gasteiger partial charge in [-0.3, -0.25) is 4.79 Å². The van der Waals surface area contributed by atoms with Gasteiger partial charge in [-0.1, -0.05) is 25.7 Å². The first-order valence-corrected chi connectivity index (χ1v) is 10.9. The summed E-state index contributed by atoms with van der Waals surface area (Å²) in [7, 11) is 2.00. The van der Waals surface area contributed by atoms with Crippen LogP contribution in [0.5, 0.6) is 0 Å². The van der Waals surface area contributed by atoms with Crippen molar-refractivity contribution in [2.45, 2.75) is 83.3 Å². The van der Waals surface area contributed by atoms with Gasteiger partial charge in [0.25, 0.3) is 0 Å². The number of aliphatic hydroxyl groups is 2. The molecule has 1 aliphatic heterocycles. The predicted octanol–water partition coefficient (Wildman–Crippen LogP) is 2.97. The average molecular weight is 374 g/mol. The number of aliphatic hydroxyl groups excluding tert-OH is 1. The fourth-order valence-electron chi connectivity index (χ4n) is 7.64. The minimum Gasteiger partial charge on any atom is -0.395 e. The maximum absolute atomic E-state index is 12.3. The number of hydrogen-bond donors (Lipinski definition) is 2. The lowest BCUT2D eigenvalue weighted by Crippen LogP contribution is -2.62. The molecule has 4 rings (SSSR count). The van der Waals surface area contributed by atoms with E-state index in [4.69, 9.17) is 5.11 Å². The van der Waals surface area contributed by atoms with Gasteiger partial charge in [0.05, 0.1) is 6.61 Å². The smallest absolute Gasteiger partial charge is 0.222 e. The molecule has 4 heteroatoms. The van der Waals surface area contributed by atoms with Gasteiger partial charge in [-0.05, 0) is 68.1 Å². The van der Waals surface area contributed by atoms with Crippen LogP contribution in [0.1, 0.15) is 71.6 Å². The number of likely N-dealkylation sites (tertiary alicyclic amines) is 1. The Bertz CT molecular complexity index is 681. The van der Waals surface area contributed by atoms with Crippen molar-refractivity contribution in [2.75, 3.05) is 13.7 Å². The fourth-order valence-corrected chi connectivity index (χ4v) is 7.64. The maximum Gasteiger partial charge on any atom is 0.222 e. The Hall–Kier alpha value is -1.05. The first kappa shape index (κ1) is 19.3. The summed E-state index contributed by atoms with van der Waals surface area (Å²) in [6.07, 6.45) is 8.38. The van der Waals surface area contributed by atoms with Crippen molar-refractivity contribution in [3.8, 4) is 11.8 Å². The number of hydrogen-bond acceptors (Lipinski definition) is 3. The third kappa shape index (κ3) is 2.61. The molecule has 7 atom stereocenters.